The third-order valence-corrected chi connectivity index (χ3v) is 9.47. The second kappa shape index (κ2) is 8.93. The number of likely N-dealkylation sites (N-methyl/N-ethyl adjacent to an activating group) is 1. The Morgan fingerprint density at radius 1 is 1.22 bits per heavy atom. The van der Waals surface area contributed by atoms with Crippen molar-refractivity contribution >= 4 is 38.2 Å². The van der Waals surface area contributed by atoms with Gasteiger partial charge in [-0.05, 0) is 49.6 Å². The lowest BCUT2D eigenvalue weighted by Crippen LogP contribution is -3.08. The molecule has 1 aromatic carbocycles. The van der Waals surface area contributed by atoms with Crippen molar-refractivity contribution < 1.29 is 22.9 Å². The van der Waals surface area contributed by atoms with Gasteiger partial charge in [-0.3, -0.25) is 9.59 Å². The lowest BCUT2D eigenvalue weighted by Gasteiger charge is -2.32. The number of nitrogens with two attached hydrogens (primary N) is 1. The molecule has 2 aliphatic rings. The number of sulfonamides is 1. The lowest BCUT2D eigenvalue weighted by molar-refractivity contribution is -0.895. The van der Waals surface area contributed by atoms with Gasteiger partial charge in [0.25, 0.3) is 11.8 Å². The second-order valence-electron chi connectivity index (χ2n) is 8.65. The van der Waals surface area contributed by atoms with Gasteiger partial charge in [0.2, 0.25) is 10.0 Å². The summed E-state index contributed by atoms with van der Waals surface area (Å²) < 4.78 is 27.5. The molecule has 2 atom stereocenters. The Bertz CT molecular complexity index is 1140. The predicted octanol–water partition coefficient (Wildman–Crippen LogP) is 1.23. The highest BCUT2D eigenvalue weighted by atomic mass is 32.2. The minimum Gasteiger partial charge on any atom is -0.365 e. The first kappa shape index (κ1) is 22.9. The van der Waals surface area contributed by atoms with Crippen molar-refractivity contribution in [1.29, 1.82) is 0 Å². The molecule has 1 aromatic heterocycles. The number of benzene rings is 1. The largest absolute Gasteiger partial charge is 0.365 e. The number of anilines is 1. The number of hydrogen-bond acceptors (Lipinski definition) is 5. The molecule has 0 bridgehead atoms. The van der Waals surface area contributed by atoms with Gasteiger partial charge in [0.15, 0.2) is 0 Å². The van der Waals surface area contributed by atoms with Crippen molar-refractivity contribution in [3.63, 3.8) is 0 Å². The molecular weight excluding hydrogens is 448 g/mol. The van der Waals surface area contributed by atoms with E-state index in [4.69, 9.17) is 5.73 Å². The Kier molecular flexibility index (Phi) is 6.39. The van der Waals surface area contributed by atoms with Crippen LogP contribution in [0.1, 0.15) is 57.3 Å². The summed E-state index contributed by atoms with van der Waals surface area (Å²) in [5.41, 5.74) is 7.26. The molecule has 10 heteroatoms. The van der Waals surface area contributed by atoms with Crippen LogP contribution in [0.5, 0.6) is 0 Å². The first-order valence-electron chi connectivity index (χ1n) is 10.9. The zero-order valence-electron chi connectivity index (χ0n) is 18.3. The van der Waals surface area contributed by atoms with E-state index in [1.54, 1.807) is 4.31 Å². The molecule has 4 rings (SSSR count). The molecule has 0 aliphatic carbocycles. The highest BCUT2D eigenvalue weighted by Gasteiger charge is 2.31. The van der Waals surface area contributed by atoms with Crippen LogP contribution in [0, 0.1) is 0 Å². The molecule has 172 valence electrons. The van der Waals surface area contributed by atoms with Crippen LogP contribution < -0.4 is 16.0 Å². The third-order valence-electron chi connectivity index (χ3n) is 6.29. The summed E-state index contributed by atoms with van der Waals surface area (Å²) in [5, 5.41) is 3.28. The zero-order valence-corrected chi connectivity index (χ0v) is 19.9. The molecule has 32 heavy (non-hydrogen) atoms. The number of quaternary nitrogens is 1. The van der Waals surface area contributed by atoms with Crippen LogP contribution in [0.25, 0.3) is 0 Å². The zero-order chi connectivity index (χ0) is 23.0. The topological polar surface area (TPSA) is 114 Å². The number of primary amides is 1. The van der Waals surface area contributed by atoms with Crippen LogP contribution in [0.4, 0.5) is 5.00 Å². The molecule has 0 radical (unpaired) electrons. The number of rotatable bonds is 5. The molecule has 2 aromatic rings. The van der Waals surface area contributed by atoms with Crippen LogP contribution in [0.15, 0.2) is 29.2 Å². The Morgan fingerprint density at radius 3 is 2.59 bits per heavy atom. The maximum Gasteiger partial charge on any atom is 0.256 e. The minimum absolute atomic E-state index is 0.0327. The van der Waals surface area contributed by atoms with Gasteiger partial charge >= 0.3 is 0 Å². The molecule has 0 saturated carbocycles. The Hall–Kier alpha value is -2.27. The van der Waals surface area contributed by atoms with Crippen molar-refractivity contribution in [1.82, 2.24) is 4.31 Å². The van der Waals surface area contributed by atoms with Crippen molar-refractivity contribution in [3.8, 4) is 0 Å². The highest BCUT2D eigenvalue weighted by Crippen LogP contribution is 2.34. The number of nitrogens with one attached hydrogen (secondary N) is 2. The average Bonchev–Trinajstić information content (AvgIpc) is 3.11. The van der Waals surface area contributed by atoms with Crippen molar-refractivity contribution in [2.45, 2.75) is 50.1 Å². The van der Waals surface area contributed by atoms with Gasteiger partial charge in [0.1, 0.15) is 11.5 Å². The van der Waals surface area contributed by atoms with Crippen LogP contribution in [0.3, 0.4) is 0 Å². The molecule has 0 spiro atoms. The molecule has 2 aliphatic heterocycles. The van der Waals surface area contributed by atoms with Crippen molar-refractivity contribution in [3.05, 3.63) is 45.8 Å². The van der Waals surface area contributed by atoms with Gasteiger partial charge in [-0.15, -0.1) is 11.3 Å². The summed E-state index contributed by atoms with van der Waals surface area (Å²) in [5.74, 6) is -0.948. The van der Waals surface area contributed by atoms with Crippen molar-refractivity contribution in [2.24, 2.45) is 5.73 Å². The van der Waals surface area contributed by atoms with Gasteiger partial charge < -0.3 is 16.0 Å². The van der Waals surface area contributed by atoms with Gasteiger partial charge in [0, 0.05) is 24.6 Å². The van der Waals surface area contributed by atoms with E-state index in [0.717, 1.165) is 49.2 Å². The fourth-order valence-corrected chi connectivity index (χ4v) is 7.55. The van der Waals surface area contributed by atoms with E-state index in [9.17, 15) is 18.0 Å². The number of fused-ring (bicyclic) bond motifs is 1. The van der Waals surface area contributed by atoms with Crippen LogP contribution in [-0.2, 0) is 23.0 Å². The van der Waals surface area contributed by atoms with E-state index in [1.807, 2.05) is 6.92 Å². The number of thiophene rings is 1. The fraction of sp³-hybridized carbons (Fsp3) is 0.455. The fourth-order valence-electron chi connectivity index (χ4n) is 4.49. The van der Waals surface area contributed by atoms with Gasteiger partial charge in [-0.2, -0.15) is 4.31 Å². The van der Waals surface area contributed by atoms with Crippen molar-refractivity contribution in [2.75, 3.05) is 25.5 Å². The van der Waals surface area contributed by atoms with E-state index in [2.05, 4.69) is 12.4 Å². The Labute approximate surface area is 192 Å². The van der Waals surface area contributed by atoms with E-state index >= 15 is 0 Å². The first-order valence-corrected chi connectivity index (χ1v) is 13.1. The van der Waals surface area contributed by atoms with Gasteiger partial charge in [-0.1, -0.05) is 6.42 Å². The van der Waals surface area contributed by atoms with Crippen LogP contribution in [0.2, 0.25) is 0 Å². The molecule has 1 saturated heterocycles. The Balaban J connectivity index is 1.55. The smallest absolute Gasteiger partial charge is 0.256 e. The average molecular weight is 478 g/mol. The Morgan fingerprint density at radius 2 is 1.94 bits per heavy atom. The summed E-state index contributed by atoms with van der Waals surface area (Å²) in [6.45, 7) is 4.14. The maximum absolute atomic E-state index is 13.0. The lowest BCUT2D eigenvalue weighted by atomic mass is 10.0. The summed E-state index contributed by atoms with van der Waals surface area (Å²) in [4.78, 5) is 27.5. The number of hydrogen-bond donors (Lipinski definition) is 3. The monoisotopic (exact) mass is 477 g/mol. The predicted molar refractivity (Wildman–Crippen MR) is 124 cm³/mol. The summed E-state index contributed by atoms with van der Waals surface area (Å²) in [6.07, 6.45) is 3.48. The molecule has 1 fully saturated rings. The van der Waals surface area contributed by atoms with E-state index in [0.29, 0.717) is 22.7 Å². The highest BCUT2D eigenvalue weighted by molar-refractivity contribution is 7.89. The van der Waals surface area contributed by atoms with Gasteiger partial charge in [-0.25, -0.2) is 8.42 Å². The first-order chi connectivity index (χ1) is 15.2. The van der Waals surface area contributed by atoms with Crippen LogP contribution in [-0.4, -0.2) is 50.7 Å². The van der Waals surface area contributed by atoms with E-state index in [-0.39, 0.29) is 10.9 Å². The maximum atomic E-state index is 13.0. The quantitative estimate of drug-likeness (QED) is 0.601. The summed E-state index contributed by atoms with van der Waals surface area (Å²) in [6, 6.07) is 5.92. The summed E-state index contributed by atoms with van der Waals surface area (Å²) in [7, 11) is -1.51. The number of amides is 2. The molecule has 8 nitrogen and oxygen atoms in total. The normalized spacial score (nSPS) is 21.7. The van der Waals surface area contributed by atoms with Gasteiger partial charge in [0.05, 0.1) is 28.9 Å². The standard InChI is InChI=1S/C22H28N4O4S2/c1-14-5-3-4-11-26(14)32(29,30)16-8-6-15(7-9-16)21(28)24-22-19(20(23)27)17-10-12-25(2)13-18(17)31-22/h6-9,14H,3-5,10-13H2,1-2H3,(H2,23,27)(H,24,28)/p+1. The molecule has 4 N–H and O–H groups in total. The molecule has 3 heterocycles. The second-order valence-corrected chi connectivity index (χ2v) is 11.6. The minimum atomic E-state index is -3.60. The summed E-state index contributed by atoms with van der Waals surface area (Å²) >= 11 is 1.39. The number of carbonyl (C=O) groups excluding carboxylic acids is 2. The third kappa shape index (κ3) is 4.32. The molecule has 2 amide bonds. The van der Waals surface area contributed by atoms with Crippen LogP contribution >= 0.6 is 11.3 Å². The number of carbonyl (C=O) groups is 2. The number of nitrogens with zero attached hydrogens (tertiary/aromatic N) is 1. The van der Waals surface area contributed by atoms with E-state index < -0.39 is 21.8 Å². The number of piperidine rings is 1. The molecule has 2 unspecified atom stereocenters. The SMILES string of the molecule is CC1CCCCN1S(=O)(=O)c1ccc(C(=O)Nc2sc3c(c2C(N)=O)CC[NH+](C)C3)cc1. The molecular formula is C22H29N4O4S2+. The van der Waals surface area contributed by atoms with E-state index in [1.165, 1.54) is 40.5 Å².